The average molecular weight is 184 g/mol. The first-order valence-corrected chi connectivity index (χ1v) is 5.18. The summed E-state index contributed by atoms with van der Waals surface area (Å²) in [6.07, 6.45) is 6.66. The Morgan fingerprint density at radius 3 is 2.92 bits per heavy atom. The van der Waals surface area contributed by atoms with Crippen LogP contribution in [-0.4, -0.2) is 20.0 Å². The molecule has 0 radical (unpaired) electrons. The van der Waals surface area contributed by atoms with E-state index >= 15 is 0 Å². The Labute approximate surface area is 80.7 Å². The molecule has 1 aliphatic rings. The van der Waals surface area contributed by atoms with Gasteiger partial charge in [0.15, 0.2) is 0 Å². The highest BCUT2D eigenvalue weighted by molar-refractivity contribution is 5.59. The Bertz CT molecular complexity index is 167. The molecule has 0 spiro atoms. The van der Waals surface area contributed by atoms with Crippen LogP contribution in [0.15, 0.2) is 0 Å². The summed E-state index contributed by atoms with van der Waals surface area (Å²) in [7, 11) is 1.70. The molecule has 0 N–H and O–H groups in total. The van der Waals surface area contributed by atoms with Gasteiger partial charge < -0.3 is 9.53 Å². The van der Waals surface area contributed by atoms with Crippen LogP contribution >= 0.6 is 0 Å². The lowest BCUT2D eigenvalue weighted by molar-refractivity contribution is -0.119. The molecule has 2 nitrogen and oxygen atoms in total. The molecule has 0 amide bonds. The van der Waals surface area contributed by atoms with Gasteiger partial charge in [-0.15, -0.1) is 0 Å². The van der Waals surface area contributed by atoms with E-state index in [4.69, 9.17) is 4.74 Å². The van der Waals surface area contributed by atoms with Crippen molar-refractivity contribution in [3.63, 3.8) is 0 Å². The van der Waals surface area contributed by atoms with E-state index in [0.29, 0.717) is 12.5 Å². The lowest BCUT2D eigenvalue weighted by Gasteiger charge is -2.35. The van der Waals surface area contributed by atoms with Crippen LogP contribution in [-0.2, 0) is 9.53 Å². The van der Waals surface area contributed by atoms with Crippen molar-refractivity contribution in [2.45, 2.75) is 39.0 Å². The minimum absolute atomic E-state index is 0.0618. The van der Waals surface area contributed by atoms with Gasteiger partial charge in [-0.25, -0.2) is 0 Å². The number of carbonyl (C=O) groups is 1. The Hall–Kier alpha value is -0.370. The van der Waals surface area contributed by atoms with Crippen LogP contribution in [0.2, 0.25) is 0 Å². The van der Waals surface area contributed by atoms with Gasteiger partial charge in [-0.1, -0.05) is 19.8 Å². The predicted molar refractivity (Wildman–Crippen MR) is 52.6 cm³/mol. The molecule has 1 rings (SSSR count). The molecule has 2 heteroatoms. The predicted octanol–water partition coefficient (Wildman–Crippen LogP) is 2.42. The standard InChI is InChI=1S/C11H20O2/c1-10-4-3-5-11(8-10,9-12)6-7-13-2/h9-10H,3-8H2,1-2H3. The van der Waals surface area contributed by atoms with E-state index in [1.807, 2.05) is 0 Å². The third-order valence-electron chi connectivity index (χ3n) is 3.18. The molecule has 0 bridgehead atoms. The molecule has 0 saturated heterocycles. The van der Waals surface area contributed by atoms with Crippen molar-refractivity contribution < 1.29 is 9.53 Å². The number of carbonyl (C=O) groups excluding carboxylic acids is 1. The van der Waals surface area contributed by atoms with Gasteiger partial charge in [-0.05, 0) is 25.2 Å². The van der Waals surface area contributed by atoms with E-state index in [9.17, 15) is 4.79 Å². The van der Waals surface area contributed by atoms with Crippen molar-refractivity contribution >= 4 is 6.29 Å². The van der Waals surface area contributed by atoms with E-state index in [-0.39, 0.29) is 5.41 Å². The second-order valence-electron chi connectivity index (χ2n) is 4.42. The Balaban J connectivity index is 2.51. The first-order chi connectivity index (χ1) is 6.22. The molecule has 2 unspecified atom stereocenters. The number of methoxy groups -OCH3 is 1. The number of ether oxygens (including phenoxy) is 1. The van der Waals surface area contributed by atoms with Gasteiger partial charge in [0, 0.05) is 19.1 Å². The quantitative estimate of drug-likeness (QED) is 0.627. The van der Waals surface area contributed by atoms with Crippen LogP contribution in [0.1, 0.15) is 39.0 Å². The van der Waals surface area contributed by atoms with Crippen LogP contribution in [0.5, 0.6) is 0 Å². The zero-order valence-electron chi connectivity index (χ0n) is 8.71. The fraction of sp³-hybridized carbons (Fsp3) is 0.909. The summed E-state index contributed by atoms with van der Waals surface area (Å²) in [5.74, 6) is 0.704. The second-order valence-corrected chi connectivity index (χ2v) is 4.42. The van der Waals surface area contributed by atoms with Crippen molar-refractivity contribution in [1.29, 1.82) is 0 Å². The SMILES string of the molecule is COCCC1(C=O)CCCC(C)C1. The maximum atomic E-state index is 11.1. The Kier molecular flexibility index (Phi) is 3.91. The highest BCUT2D eigenvalue weighted by Gasteiger charge is 2.34. The maximum absolute atomic E-state index is 11.1. The highest BCUT2D eigenvalue weighted by Crippen LogP contribution is 2.40. The molecule has 1 aliphatic carbocycles. The van der Waals surface area contributed by atoms with Crippen LogP contribution < -0.4 is 0 Å². The van der Waals surface area contributed by atoms with Crippen molar-refractivity contribution in [3.8, 4) is 0 Å². The summed E-state index contributed by atoms with van der Waals surface area (Å²) in [6.45, 7) is 2.95. The van der Waals surface area contributed by atoms with E-state index < -0.39 is 0 Å². The van der Waals surface area contributed by atoms with Gasteiger partial charge in [0.2, 0.25) is 0 Å². The average Bonchev–Trinajstić information content (AvgIpc) is 2.15. The monoisotopic (exact) mass is 184 g/mol. The van der Waals surface area contributed by atoms with E-state index in [0.717, 1.165) is 19.3 Å². The normalized spacial score (nSPS) is 34.5. The molecule has 1 saturated carbocycles. The second kappa shape index (κ2) is 4.75. The molecule has 0 aromatic heterocycles. The van der Waals surface area contributed by atoms with Crippen LogP contribution in [0, 0.1) is 11.3 Å². The third kappa shape index (κ3) is 2.80. The maximum Gasteiger partial charge on any atom is 0.126 e. The fourth-order valence-corrected chi connectivity index (χ4v) is 2.40. The van der Waals surface area contributed by atoms with Crippen LogP contribution in [0.3, 0.4) is 0 Å². The molecule has 0 aromatic carbocycles. The third-order valence-corrected chi connectivity index (χ3v) is 3.18. The molecule has 0 aromatic rings. The van der Waals surface area contributed by atoms with Gasteiger partial charge in [0.05, 0.1) is 0 Å². The summed E-state index contributed by atoms with van der Waals surface area (Å²) in [5, 5.41) is 0. The van der Waals surface area contributed by atoms with Gasteiger partial charge in [-0.2, -0.15) is 0 Å². The van der Waals surface area contributed by atoms with E-state index in [1.165, 1.54) is 19.1 Å². The zero-order chi connectivity index (χ0) is 9.73. The summed E-state index contributed by atoms with van der Waals surface area (Å²) >= 11 is 0. The summed E-state index contributed by atoms with van der Waals surface area (Å²) in [6, 6.07) is 0. The molecule has 0 aliphatic heterocycles. The van der Waals surface area contributed by atoms with Gasteiger partial charge in [0.1, 0.15) is 6.29 Å². The lowest BCUT2D eigenvalue weighted by atomic mass is 9.69. The topological polar surface area (TPSA) is 26.3 Å². The fourth-order valence-electron chi connectivity index (χ4n) is 2.40. The summed E-state index contributed by atoms with van der Waals surface area (Å²) in [4.78, 5) is 11.1. The molecule has 1 fully saturated rings. The largest absolute Gasteiger partial charge is 0.385 e. The summed E-state index contributed by atoms with van der Waals surface area (Å²) < 4.78 is 5.05. The first-order valence-electron chi connectivity index (χ1n) is 5.18. The zero-order valence-corrected chi connectivity index (χ0v) is 8.71. The van der Waals surface area contributed by atoms with Crippen molar-refractivity contribution in [2.75, 3.05) is 13.7 Å². The van der Waals surface area contributed by atoms with E-state index in [1.54, 1.807) is 7.11 Å². The van der Waals surface area contributed by atoms with Gasteiger partial charge in [0.25, 0.3) is 0 Å². The molecule has 2 atom stereocenters. The lowest BCUT2D eigenvalue weighted by Crippen LogP contribution is -2.30. The molecule has 13 heavy (non-hydrogen) atoms. The molecule has 76 valence electrons. The van der Waals surface area contributed by atoms with Crippen molar-refractivity contribution in [1.82, 2.24) is 0 Å². The van der Waals surface area contributed by atoms with Crippen molar-refractivity contribution in [2.24, 2.45) is 11.3 Å². The molecule has 0 heterocycles. The highest BCUT2D eigenvalue weighted by atomic mass is 16.5. The molecular weight excluding hydrogens is 164 g/mol. The smallest absolute Gasteiger partial charge is 0.126 e. The van der Waals surface area contributed by atoms with Gasteiger partial charge >= 0.3 is 0 Å². The number of hydrogen-bond acceptors (Lipinski definition) is 2. The minimum Gasteiger partial charge on any atom is -0.385 e. The Morgan fingerprint density at radius 2 is 2.38 bits per heavy atom. The first kappa shape index (κ1) is 10.7. The number of hydrogen-bond donors (Lipinski definition) is 0. The number of aldehydes is 1. The van der Waals surface area contributed by atoms with Crippen LogP contribution in [0.25, 0.3) is 0 Å². The van der Waals surface area contributed by atoms with E-state index in [2.05, 4.69) is 6.92 Å². The minimum atomic E-state index is -0.0618. The van der Waals surface area contributed by atoms with Gasteiger partial charge in [-0.3, -0.25) is 0 Å². The number of rotatable bonds is 4. The summed E-state index contributed by atoms with van der Waals surface area (Å²) in [5.41, 5.74) is -0.0618. The molecular formula is C11H20O2. The Morgan fingerprint density at radius 1 is 1.62 bits per heavy atom. The van der Waals surface area contributed by atoms with Crippen molar-refractivity contribution in [3.05, 3.63) is 0 Å². The van der Waals surface area contributed by atoms with Crippen LogP contribution in [0.4, 0.5) is 0 Å².